The number of methoxy groups -OCH3 is 2. The van der Waals surface area contributed by atoms with Gasteiger partial charge in [-0.1, -0.05) is 18.2 Å². The number of ether oxygens (including phenoxy) is 3. The van der Waals surface area contributed by atoms with Crippen LogP contribution in [0.15, 0.2) is 67.1 Å². The van der Waals surface area contributed by atoms with Crippen LogP contribution in [0, 0.1) is 6.92 Å². The summed E-state index contributed by atoms with van der Waals surface area (Å²) in [5.74, 6) is 3.10. The number of rotatable bonds is 8. The fourth-order valence-corrected chi connectivity index (χ4v) is 4.04. The number of benzene rings is 2. The number of aromatic nitrogens is 5. The van der Waals surface area contributed by atoms with Crippen molar-refractivity contribution in [2.24, 2.45) is 7.05 Å². The van der Waals surface area contributed by atoms with E-state index in [9.17, 15) is 0 Å². The molecule has 0 saturated heterocycles. The molecule has 0 N–H and O–H groups in total. The van der Waals surface area contributed by atoms with Crippen LogP contribution in [0.2, 0.25) is 0 Å². The first-order valence-corrected chi connectivity index (χ1v) is 11.3. The molecule has 3 aromatic heterocycles. The zero-order valence-corrected chi connectivity index (χ0v) is 20.2. The minimum atomic E-state index is 0.439. The third-order valence-electron chi connectivity index (χ3n) is 5.94. The van der Waals surface area contributed by atoms with Crippen molar-refractivity contribution in [3.63, 3.8) is 0 Å². The average Bonchev–Trinajstić information content (AvgIpc) is 3.45. The maximum atomic E-state index is 6.02. The van der Waals surface area contributed by atoms with Crippen molar-refractivity contribution in [2.75, 3.05) is 14.2 Å². The highest BCUT2D eigenvalue weighted by molar-refractivity contribution is 5.78. The zero-order chi connectivity index (χ0) is 24.4. The standard InChI is InChI=1S/C27H27N5O3/c1-18-30-24-12-21(22-14-29-31(2)16-22)13-28-27(24)32(18)15-20-7-10-25(26(11-20)34-4)35-17-19-5-8-23(33-3)9-6-19/h5-14,16H,15,17H2,1-4H3. The van der Waals surface area contributed by atoms with E-state index in [-0.39, 0.29) is 0 Å². The molecule has 0 fully saturated rings. The first-order chi connectivity index (χ1) is 17.0. The number of nitrogens with zero attached hydrogens (tertiary/aromatic N) is 5. The highest BCUT2D eigenvalue weighted by atomic mass is 16.5. The van der Waals surface area contributed by atoms with Crippen LogP contribution in [-0.4, -0.2) is 38.5 Å². The number of hydrogen-bond donors (Lipinski definition) is 0. The average molecular weight is 470 g/mol. The van der Waals surface area contributed by atoms with Crippen molar-refractivity contribution in [2.45, 2.75) is 20.1 Å². The molecule has 8 heteroatoms. The molecule has 0 bridgehead atoms. The third-order valence-corrected chi connectivity index (χ3v) is 5.94. The van der Waals surface area contributed by atoms with E-state index < -0.39 is 0 Å². The Labute approximate surface area is 203 Å². The molecule has 0 unspecified atom stereocenters. The van der Waals surface area contributed by atoms with Gasteiger partial charge in [0.05, 0.1) is 27.0 Å². The van der Waals surface area contributed by atoms with Crippen LogP contribution in [-0.2, 0) is 20.2 Å². The predicted molar refractivity (Wildman–Crippen MR) is 134 cm³/mol. The monoisotopic (exact) mass is 469 g/mol. The number of aryl methyl sites for hydroxylation is 2. The molecule has 0 aliphatic heterocycles. The third kappa shape index (κ3) is 4.68. The number of pyridine rings is 1. The Morgan fingerprint density at radius 2 is 1.66 bits per heavy atom. The molecule has 35 heavy (non-hydrogen) atoms. The number of imidazole rings is 1. The maximum Gasteiger partial charge on any atom is 0.161 e. The lowest BCUT2D eigenvalue weighted by Crippen LogP contribution is -2.04. The Kier molecular flexibility index (Phi) is 6.10. The summed E-state index contributed by atoms with van der Waals surface area (Å²) < 4.78 is 20.7. The van der Waals surface area contributed by atoms with Crippen LogP contribution >= 0.6 is 0 Å². The van der Waals surface area contributed by atoms with Crippen LogP contribution in [0.5, 0.6) is 17.2 Å². The van der Waals surface area contributed by atoms with E-state index in [1.807, 2.05) is 75.0 Å². The molecule has 3 heterocycles. The molecule has 0 aliphatic carbocycles. The minimum absolute atomic E-state index is 0.439. The lowest BCUT2D eigenvalue weighted by Gasteiger charge is -2.13. The van der Waals surface area contributed by atoms with Crippen molar-refractivity contribution >= 4 is 11.2 Å². The SMILES string of the molecule is COc1ccc(COc2ccc(Cn3c(C)nc4cc(-c5cnn(C)c5)cnc43)cc2OC)cc1. The van der Waals surface area contributed by atoms with E-state index in [1.165, 1.54) is 0 Å². The van der Waals surface area contributed by atoms with Crippen molar-refractivity contribution in [1.82, 2.24) is 24.3 Å². The van der Waals surface area contributed by atoms with Gasteiger partial charge in [0.1, 0.15) is 23.7 Å². The summed E-state index contributed by atoms with van der Waals surface area (Å²) in [6.45, 7) is 3.06. The molecule has 8 nitrogen and oxygen atoms in total. The summed E-state index contributed by atoms with van der Waals surface area (Å²) in [5.41, 5.74) is 5.83. The van der Waals surface area contributed by atoms with Gasteiger partial charge >= 0.3 is 0 Å². The van der Waals surface area contributed by atoms with Gasteiger partial charge in [-0.2, -0.15) is 5.10 Å². The van der Waals surface area contributed by atoms with E-state index in [0.717, 1.165) is 45.0 Å². The van der Waals surface area contributed by atoms with Gasteiger partial charge in [-0.05, 0) is 48.4 Å². The highest BCUT2D eigenvalue weighted by Crippen LogP contribution is 2.30. The Bertz CT molecular complexity index is 1470. The fraction of sp³-hybridized carbons (Fsp3) is 0.222. The lowest BCUT2D eigenvalue weighted by molar-refractivity contribution is 0.284. The molecule has 0 aliphatic rings. The first-order valence-electron chi connectivity index (χ1n) is 11.3. The topological polar surface area (TPSA) is 76.2 Å². The van der Waals surface area contributed by atoms with Crippen molar-refractivity contribution < 1.29 is 14.2 Å². The van der Waals surface area contributed by atoms with Gasteiger partial charge in [0, 0.05) is 30.6 Å². The quantitative estimate of drug-likeness (QED) is 0.325. The summed E-state index contributed by atoms with van der Waals surface area (Å²) in [6, 6.07) is 15.9. The Morgan fingerprint density at radius 3 is 2.37 bits per heavy atom. The predicted octanol–water partition coefficient (Wildman–Crippen LogP) is 4.78. The maximum absolute atomic E-state index is 6.02. The van der Waals surface area contributed by atoms with Gasteiger partial charge < -0.3 is 18.8 Å². The molecule has 0 spiro atoms. The van der Waals surface area contributed by atoms with Crippen LogP contribution < -0.4 is 14.2 Å². The number of fused-ring (bicyclic) bond motifs is 1. The molecule has 0 atom stereocenters. The van der Waals surface area contributed by atoms with Crippen molar-refractivity contribution in [1.29, 1.82) is 0 Å². The summed E-state index contributed by atoms with van der Waals surface area (Å²) in [7, 11) is 5.21. The number of hydrogen-bond acceptors (Lipinski definition) is 6. The van der Waals surface area contributed by atoms with Crippen LogP contribution in [0.1, 0.15) is 17.0 Å². The fourth-order valence-electron chi connectivity index (χ4n) is 4.04. The summed E-state index contributed by atoms with van der Waals surface area (Å²) in [4.78, 5) is 9.46. The van der Waals surface area contributed by atoms with Gasteiger partial charge in [0.25, 0.3) is 0 Å². The second kappa shape index (κ2) is 9.50. The normalized spacial score (nSPS) is 11.1. The lowest BCUT2D eigenvalue weighted by atomic mass is 10.1. The molecule has 5 rings (SSSR count). The van der Waals surface area contributed by atoms with Crippen LogP contribution in [0.4, 0.5) is 0 Å². The van der Waals surface area contributed by atoms with E-state index >= 15 is 0 Å². The smallest absolute Gasteiger partial charge is 0.161 e. The van der Waals surface area contributed by atoms with Gasteiger partial charge in [-0.15, -0.1) is 0 Å². The molecule has 178 valence electrons. The van der Waals surface area contributed by atoms with E-state index in [1.54, 1.807) is 18.9 Å². The molecular formula is C27H27N5O3. The molecular weight excluding hydrogens is 442 g/mol. The molecule has 5 aromatic rings. The summed E-state index contributed by atoms with van der Waals surface area (Å²) in [6.07, 6.45) is 5.67. The van der Waals surface area contributed by atoms with Crippen molar-refractivity contribution in [3.8, 4) is 28.4 Å². The summed E-state index contributed by atoms with van der Waals surface area (Å²) in [5, 5.41) is 4.25. The van der Waals surface area contributed by atoms with Gasteiger partial charge in [-0.25, -0.2) is 9.97 Å². The summed E-state index contributed by atoms with van der Waals surface area (Å²) >= 11 is 0. The van der Waals surface area contributed by atoms with Gasteiger partial charge in [0.15, 0.2) is 17.1 Å². The zero-order valence-electron chi connectivity index (χ0n) is 20.2. The minimum Gasteiger partial charge on any atom is -0.497 e. The molecule has 0 saturated carbocycles. The Balaban J connectivity index is 1.35. The molecule has 2 aromatic carbocycles. The van der Waals surface area contributed by atoms with Crippen molar-refractivity contribution in [3.05, 3.63) is 84.1 Å². The first kappa shape index (κ1) is 22.5. The van der Waals surface area contributed by atoms with Gasteiger partial charge in [0.2, 0.25) is 0 Å². The van der Waals surface area contributed by atoms with Crippen LogP contribution in [0.25, 0.3) is 22.3 Å². The Morgan fingerprint density at radius 1 is 0.857 bits per heavy atom. The van der Waals surface area contributed by atoms with Crippen LogP contribution in [0.3, 0.4) is 0 Å². The van der Waals surface area contributed by atoms with E-state index in [0.29, 0.717) is 24.7 Å². The van der Waals surface area contributed by atoms with E-state index in [2.05, 4.69) is 15.7 Å². The Hall–Kier alpha value is -4.33. The molecule has 0 radical (unpaired) electrons. The molecule has 0 amide bonds. The van der Waals surface area contributed by atoms with E-state index in [4.69, 9.17) is 24.2 Å². The highest BCUT2D eigenvalue weighted by Gasteiger charge is 2.13. The second-order valence-corrected chi connectivity index (χ2v) is 8.34. The second-order valence-electron chi connectivity index (χ2n) is 8.34. The van der Waals surface area contributed by atoms with Gasteiger partial charge in [-0.3, -0.25) is 4.68 Å². The largest absolute Gasteiger partial charge is 0.497 e.